The van der Waals surface area contributed by atoms with E-state index in [9.17, 15) is 34.5 Å². The van der Waals surface area contributed by atoms with Crippen LogP contribution in [0.1, 0.15) is 143 Å². The number of aliphatic hydroxyl groups is 3. The summed E-state index contributed by atoms with van der Waals surface area (Å²) < 4.78 is 34.6. The highest BCUT2D eigenvalue weighted by Crippen LogP contribution is 2.32. The van der Waals surface area contributed by atoms with E-state index in [-0.39, 0.29) is 25.7 Å². The molecule has 1 aliphatic rings. The number of carbonyl (C=O) groups excluding carboxylic acids is 4. The lowest BCUT2D eigenvalue weighted by atomic mass is 9.97. The van der Waals surface area contributed by atoms with Crippen molar-refractivity contribution in [2.45, 2.75) is 186 Å². The number of unbranched alkanes of at least 4 members (excludes halogenated alkanes) is 10. The monoisotopic (exact) mass is 690 g/mol. The molecule has 0 aromatic heterocycles. The summed E-state index contributed by atoms with van der Waals surface area (Å²) in [6.45, 7) is 6.77. The van der Waals surface area contributed by atoms with E-state index in [0.717, 1.165) is 64.2 Å². The van der Waals surface area contributed by atoms with Gasteiger partial charge in [-0.25, -0.2) is 0 Å². The Morgan fingerprint density at radius 3 is 1.50 bits per heavy atom. The molecular formula is C35H62O13. The average molecular weight is 691 g/mol. The quantitative estimate of drug-likeness (QED) is 0.0464. The van der Waals surface area contributed by atoms with E-state index in [0.29, 0.717) is 25.7 Å². The normalized spacial score (nSPS) is 22.0. The smallest absolute Gasteiger partial charge is 0.306 e. The zero-order valence-electron chi connectivity index (χ0n) is 29.6. The van der Waals surface area contributed by atoms with Gasteiger partial charge in [-0.05, 0) is 25.7 Å². The Labute approximate surface area is 286 Å². The molecule has 0 bridgehead atoms. The number of rotatable bonds is 27. The predicted octanol–water partition coefficient (Wildman–Crippen LogP) is 4.78. The van der Waals surface area contributed by atoms with Crippen LogP contribution in [0.15, 0.2) is 0 Å². The van der Waals surface area contributed by atoms with Crippen LogP contribution in [0.3, 0.4) is 0 Å². The van der Waals surface area contributed by atoms with E-state index in [1.807, 2.05) is 20.8 Å². The molecule has 13 nitrogen and oxygen atoms in total. The molecule has 2 unspecified atom stereocenters. The van der Waals surface area contributed by atoms with Crippen molar-refractivity contribution in [2.24, 2.45) is 0 Å². The van der Waals surface area contributed by atoms with Crippen LogP contribution in [-0.4, -0.2) is 95.5 Å². The van der Waals surface area contributed by atoms with Crippen molar-refractivity contribution in [3.8, 4) is 0 Å². The molecule has 1 saturated heterocycles. The van der Waals surface area contributed by atoms with Crippen molar-refractivity contribution in [2.75, 3.05) is 13.2 Å². The van der Waals surface area contributed by atoms with Gasteiger partial charge in [0, 0.05) is 25.7 Å². The van der Waals surface area contributed by atoms with Gasteiger partial charge in [-0.2, -0.15) is 0 Å². The maximum Gasteiger partial charge on any atom is 0.306 e. The fourth-order valence-corrected chi connectivity index (χ4v) is 5.15. The van der Waals surface area contributed by atoms with Gasteiger partial charge in [-0.15, -0.1) is 0 Å². The Morgan fingerprint density at radius 2 is 1.00 bits per heavy atom. The zero-order valence-corrected chi connectivity index (χ0v) is 29.6. The summed E-state index contributed by atoms with van der Waals surface area (Å²) in [4.78, 5) is 51.9. The third kappa shape index (κ3) is 17.9. The third-order valence-corrected chi connectivity index (χ3v) is 8.03. The highest BCUT2D eigenvalue weighted by molar-refractivity contribution is 5.72. The lowest BCUT2D eigenvalue weighted by molar-refractivity contribution is -0.345. The van der Waals surface area contributed by atoms with Crippen LogP contribution in [0.4, 0.5) is 0 Å². The Hall–Kier alpha value is -2.32. The third-order valence-electron chi connectivity index (χ3n) is 8.03. The number of esters is 4. The molecule has 0 saturated carbocycles. The Morgan fingerprint density at radius 1 is 0.583 bits per heavy atom. The van der Waals surface area contributed by atoms with Crippen molar-refractivity contribution in [3.05, 3.63) is 0 Å². The van der Waals surface area contributed by atoms with Crippen molar-refractivity contribution < 1.29 is 62.9 Å². The SMILES string of the molecule is CCCCCCCC(=O)O[C@@H]1[C@H](OC(O)C(O)CO)O[C@H](COC(=O)CCCCC)[C@@H](OC(=O)CCCCC)[C@@H]1OC(=O)CCCCC. The highest BCUT2D eigenvalue weighted by atomic mass is 16.8. The predicted molar refractivity (Wildman–Crippen MR) is 175 cm³/mol. The molecule has 280 valence electrons. The van der Waals surface area contributed by atoms with Gasteiger partial charge in [-0.1, -0.05) is 91.9 Å². The largest absolute Gasteiger partial charge is 0.463 e. The lowest BCUT2D eigenvalue weighted by Crippen LogP contribution is -2.64. The molecule has 48 heavy (non-hydrogen) atoms. The van der Waals surface area contributed by atoms with E-state index >= 15 is 0 Å². The number of hydrogen-bond acceptors (Lipinski definition) is 13. The average Bonchev–Trinajstić information content (AvgIpc) is 3.06. The summed E-state index contributed by atoms with van der Waals surface area (Å²) in [5.74, 6) is -2.43. The van der Waals surface area contributed by atoms with Crippen molar-refractivity contribution in [1.29, 1.82) is 0 Å². The molecule has 1 rings (SSSR count). The van der Waals surface area contributed by atoms with Gasteiger partial charge in [0.05, 0.1) is 6.61 Å². The van der Waals surface area contributed by atoms with Gasteiger partial charge in [0.1, 0.15) is 18.8 Å². The summed E-state index contributed by atoms with van der Waals surface area (Å²) in [6.07, 6.45) is 0.242. The Bertz CT molecular complexity index is 898. The molecule has 0 aliphatic carbocycles. The van der Waals surface area contributed by atoms with Crippen molar-refractivity contribution in [3.63, 3.8) is 0 Å². The molecule has 0 amide bonds. The summed E-state index contributed by atoms with van der Waals surface area (Å²) in [7, 11) is 0. The molecule has 0 radical (unpaired) electrons. The second-order valence-electron chi connectivity index (χ2n) is 12.4. The molecule has 0 spiro atoms. The second kappa shape index (κ2) is 26.5. The van der Waals surface area contributed by atoms with E-state index in [1.165, 1.54) is 0 Å². The van der Waals surface area contributed by atoms with Gasteiger partial charge in [0.25, 0.3) is 0 Å². The van der Waals surface area contributed by atoms with Crippen molar-refractivity contribution in [1.82, 2.24) is 0 Å². The van der Waals surface area contributed by atoms with Crippen LogP contribution in [0.25, 0.3) is 0 Å². The summed E-state index contributed by atoms with van der Waals surface area (Å²) in [5.41, 5.74) is 0. The molecule has 1 fully saturated rings. The number of carbonyl (C=O) groups is 4. The number of ether oxygens (including phenoxy) is 6. The minimum atomic E-state index is -2.00. The Kier molecular flexibility index (Phi) is 24.2. The van der Waals surface area contributed by atoms with Crippen LogP contribution >= 0.6 is 0 Å². The first-order valence-electron chi connectivity index (χ1n) is 18.1. The maximum atomic E-state index is 13.1. The van der Waals surface area contributed by atoms with Crippen LogP contribution < -0.4 is 0 Å². The molecule has 0 aromatic carbocycles. The van der Waals surface area contributed by atoms with E-state index in [1.54, 1.807) is 0 Å². The molecule has 7 atom stereocenters. The zero-order chi connectivity index (χ0) is 35.7. The Balaban J connectivity index is 3.48. The molecule has 1 aliphatic heterocycles. The molecular weight excluding hydrogens is 628 g/mol. The topological polar surface area (TPSA) is 184 Å². The first kappa shape index (κ1) is 43.7. The molecule has 13 heteroatoms. The molecule has 0 aromatic rings. The van der Waals surface area contributed by atoms with E-state index < -0.39 is 80.2 Å². The highest BCUT2D eigenvalue weighted by Gasteiger charge is 2.54. The number of aliphatic hydroxyl groups excluding tert-OH is 3. The van der Waals surface area contributed by atoms with Crippen LogP contribution in [0, 0.1) is 0 Å². The van der Waals surface area contributed by atoms with Crippen LogP contribution in [0.5, 0.6) is 0 Å². The molecule has 1 heterocycles. The number of hydrogen-bond donors (Lipinski definition) is 3. The minimum Gasteiger partial charge on any atom is -0.463 e. The fraction of sp³-hybridized carbons (Fsp3) is 0.886. The van der Waals surface area contributed by atoms with Crippen molar-refractivity contribution >= 4 is 23.9 Å². The van der Waals surface area contributed by atoms with E-state index in [4.69, 9.17) is 28.4 Å². The van der Waals surface area contributed by atoms with Gasteiger partial charge in [0.2, 0.25) is 6.29 Å². The maximum absolute atomic E-state index is 13.1. The fourth-order valence-electron chi connectivity index (χ4n) is 5.15. The standard InChI is InChI=1S/C35H62O13/c1-5-9-13-14-18-22-30(41)47-33-32(46-29(40)21-17-12-8-4)31(45-28(39)20-16-11-7-3)26(24-43-27(38)19-15-10-6-2)44-35(33)48-34(42)25(37)23-36/h25-26,31-37,42H,5-24H2,1-4H3/t25?,26-,31-,32+,33+,34?,35+/m1/s1. The first-order valence-corrected chi connectivity index (χ1v) is 18.1. The van der Waals surface area contributed by atoms with Gasteiger partial charge in [0.15, 0.2) is 24.6 Å². The first-order chi connectivity index (χ1) is 23.1. The van der Waals surface area contributed by atoms with E-state index in [2.05, 4.69) is 6.92 Å². The van der Waals surface area contributed by atoms with Gasteiger partial charge < -0.3 is 43.7 Å². The summed E-state index contributed by atoms with van der Waals surface area (Å²) in [6, 6.07) is 0. The summed E-state index contributed by atoms with van der Waals surface area (Å²) in [5, 5.41) is 29.9. The molecule has 3 N–H and O–H groups in total. The van der Waals surface area contributed by atoms with Gasteiger partial charge >= 0.3 is 23.9 Å². The minimum absolute atomic E-state index is 0.0339. The van der Waals surface area contributed by atoms with Crippen LogP contribution in [-0.2, 0) is 47.6 Å². The van der Waals surface area contributed by atoms with Crippen LogP contribution in [0.2, 0.25) is 0 Å². The lowest BCUT2D eigenvalue weighted by Gasteiger charge is -2.45. The van der Waals surface area contributed by atoms with Gasteiger partial charge in [-0.3, -0.25) is 19.2 Å². The second-order valence-corrected chi connectivity index (χ2v) is 12.4. The summed E-state index contributed by atoms with van der Waals surface area (Å²) >= 11 is 0.